The van der Waals surface area contributed by atoms with Gasteiger partial charge >= 0.3 is 6.18 Å². The lowest BCUT2D eigenvalue weighted by Gasteiger charge is -2.50. The fourth-order valence-corrected chi connectivity index (χ4v) is 4.18. The van der Waals surface area contributed by atoms with Gasteiger partial charge < -0.3 is 14.8 Å². The lowest BCUT2D eigenvalue weighted by atomic mass is 9.78. The van der Waals surface area contributed by atoms with E-state index in [0.717, 1.165) is 30.1 Å². The minimum Gasteiger partial charge on any atom is -0.348 e. The van der Waals surface area contributed by atoms with Crippen LogP contribution in [0.15, 0.2) is 18.6 Å². The van der Waals surface area contributed by atoms with Crippen molar-refractivity contribution in [1.82, 2.24) is 24.8 Å². The molecule has 0 aromatic carbocycles. The second-order valence-corrected chi connectivity index (χ2v) is 6.91. The Bertz CT molecular complexity index is 856. The largest absolute Gasteiger partial charge is 0.433 e. The Hall–Kier alpha value is -2.65. The van der Waals surface area contributed by atoms with Gasteiger partial charge in [-0.15, -0.1) is 0 Å². The van der Waals surface area contributed by atoms with Gasteiger partial charge in [0, 0.05) is 44.9 Å². The maximum absolute atomic E-state index is 12.9. The number of nitrogens with zero attached hydrogens (tertiary/aromatic N) is 5. The summed E-state index contributed by atoms with van der Waals surface area (Å²) in [6.07, 6.45) is 0.0980. The molecule has 0 unspecified atom stereocenters. The van der Waals surface area contributed by atoms with Gasteiger partial charge in [0.15, 0.2) is 0 Å². The summed E-state index contributed by atoms with van der Waals surface area (Å²) in [5, 5.41) is 0. The molecule has 1 N–H and O–H groups in total. The number of fused-ring (bicyclic) bond motifs is 2. The highest BCUT2D eigenvalue weighted by atomic mass is 19.4. The molecule has 4 heterocycles. The van der Waals surface area contributed by atoms with Gasteiger partial charge in [-0.25, -0.2) is 15.0 Å². The first-order valence-electron chi connectivity index (χ1n) is 8.77. The van der Waals surface area contributed by atoms with Crippen LogP contribution >= 0.6 is 0 Å². The molecule has 2 aromatic rings. The number of amides is 1. The molecule has 1 spiro atoms. The van der Waals surface area contributed by atoms with Crippen molar-refractivity contribution in [1.29, 1.82) is 0 Å². The van der Waals surface area contributed by atoms with Crippen molar-refractivity contribution < 1.29 is 18.0 Å². The summed E-state index contributed by atoms with van der Waals surface area (Å²) < 4.78 is 38.8. The number of imidazole rings is 1. The Kier molecular flexibility index (Phi) is 4.08. The van der Waals surface area contributed by atoms with Gasteiger partial charge in [0.2, 0.25) is 11.9 Å². The second kappa shape index (κ2) is 6.21. The van der Waals surface area contributed by atoms with E-state index < -0.39 is 17.4 Å². The minimum atomic E-state index is -4.51. The normalized spacial score (nSPS) is 19.3. The summed E-state index contributed by atoms with van der Waals surface area (Å²) in [7, 11) is 0. The van der Waals surface area contributed by atoms with Crippen LogP contribution < -0.4 is 4.90 Å². The molecular weight excluding hydrogens is 361 g/mol. The number of halogens is 3. The van der Waals surface area contributed by atoms with Crippen molar-refractivity contribution in [2.24, 2.45) is 0 Å². The van der Waals surface area contributed by atoms with Crippen molar-refractivity contribution in [3.8, 4) is 0 Å². The van der Waals surface area contributed by atoms with E-state index in [2.05, 4.69) is 19.9 Å². The average Bonchev–Trinajstić information content (AvgIpc) is 3.12. The maximum Gasteiger partial charge on any atom is 0.433 e. The van der Waals surface area contributed by atoms with Crippen LogP contribution in [0.25, 0.3) is 0 Å². The van der Waals surface area contributed by atoms with Crippen molar-refractivity contribution in [2.45, 2.75) is 37.9 Å². The zero-order valence-corrected chi connectivity index (χ0v) is 14.8. The zero-order chi connectivity index (χ0) is 19.2. The molecule has 2 aliphatic rings. The molecule has 4 rings (SSSR count). The first kappa shape index (κ1) is 17.7. The first-order chi connectivity index (χ1) is 12.8. The average molecular weight is 380 g/mol. The standard InChI is InChI=1S/C17H19F3N6O/c1-11(27)26-7-3-12-14(23-10-22-12)16(26)4-8-25(9-5-16)15-21-6-2-13(24-15)17(18,19)20/h2,6,10H,3-5,7-9H2,1H3,(H,22,23). The van der Waals surface area contributed by atoms with E-state index in [1.807, 2.05) is 4.90 Å². The smallest absolute Gasteiger partial charge is 0.348 e. The number of carbonyl (C=O) groups is 1. The van der Waals surface area contributed by atoms with Crippen LogP contribution in [0.5, 0.6) is 0 Å². The Morgan fingerprint density at radius 1 is 1.22 bits per heavy atom. The number of piperidine rings is 1. The van der Waals surface area contributed by atoms with Crippen LogP contribution in [0.4, 0.5) is 19.1 Å². The van der Waals surface area contributed by atoms with Crippen LogP contribution in [0, 0.1) is 0 Å². The SMILES string of the molecule is CC(=O)N1CCc2[nH]cnc2C12CCN(c1nccc(C(F)(F)F)n1)CC2. The topological polar surface area (TPSA) is 78.0 Å². The predicted octanol–water partition coefficient (Wildman–Crippen LogP) is 2.12. The van der Waals surface area contributed by atoms with Gasteiger partial charge in [0.05, 0.1) is 17.6 Å². The number of alkyl halides is 3. The molecule has 2 aromatic heterocycles. The molecule has 0 bridgehead atoms. The van der Waals surface area contributed by atoms with Crippen LogP contribution in [0.3, 0.4) is 0 Å². The summed E-state index contributed by atoms with van der Waals surface area (Å²) >= 11 is 0. The van der Waals surface area contributed by atoms with Crippen molar-refractivity contribution in [3.05, 3.63) is 35.7 Å². The monoisotopic (exact) mass is 380 g/mol. The van der Waals surface area contributed by atoms with Crippen molar-refractivity contribution in [2.75, 3.05) is 24.5 Å². The first-order valence-corrected chi connectivity index (χ1v) is 8.77. The molecule has 7 nitrogen and oxygen atoms in total. The highest BCUT2D eigenvalue weighted by Gasteiger charge is 2.48. The summed E-state index contributed by atoms with van der Waals surface area (Å²) in [6, 6.07) is 0.865. The molecule has 144 valence electrons. The molecule has 1 fully saturated rings. The van der Waals surface area contributed by atoms with E-state index in [-0.39, 0.29) is 11.9 Å². The van der Waals surface area contributed by atoms with E-state index in [1.165, 1.54) is 0 Å². The fourth-order valence-electron chi connectivity index (χ4n) is 4.18. The number of anilines is 1. The van der Waals surface area contributed by atoms with E-state index in [9.17, 15) is 18.0 Å². The van der Waals surface area contributed by atoms with Gasteiger partial charge in [0.1, 0.15) is 5.69 Å². The molecular formula is C17H19F3N6O. The number of rotatable bonds is 1. The van der Waals surface area contributed by atoms with E-state index in [4.69, 9.17) is 0 Å². The van der Waals surface area contributed by atoms with Crippen LogP contribution in [0.2, 0.25) is 0 Å². The number of hydrogen-bond acceptors (Lipinski definition) is 5. The van der Waals surface area contributed by atoms with Crippen molar-refractivity contribution >= 4 is 11.9 Å². The Morgan fingerprint density at radius 3 is 2.63 bits per heavy atom. The highest BCUT2D eigenvalue weighted by Crippen LogP contribution is 2.42. The van der Waals surface area contributed by atoms with Gasteiger partial charge in [-0.1, -0.05) is 0 Å². The molecule has 27 heavy (non-hydrogen) atoms. The second-order valence-electron chi connectivity index (χ2n) is 6.91. The number of hydrogen-bond donors (Lipinski definition) is 1. The third-order valence-corrected chi connectivity index (χ3v) is 5.45. The van der Waals surface area contributed by atoms with Gasteiger partial charge in [0.25, 0.3) is 0 Å². The maximum atomic E-state index is 12.9. The number of nitrogens with one attached hydrogen (secondary N) is 1. The Labute approximate surface area is 153 Å². The number of carbonyl (C=O) groups excluding carboxylic acids is 1. The zero-order valence-electron chi connectivity index (χ0n) is 14.8. The molecule has 1 amide bonds. The number of aromatic amines is 1. The Balaban J connectivity index is 1.61. The summed E-state index contributed by atoms with van der Waals surface area (Å²) in [6.45, 7) is 3.03. The third kappa shape index (κ3) is 2.92. The highest BCUT2D eigenvalue weighted by molar-refractivity contribution is 5.75. The molecule has 0 aliphatic carbocycles. The van der Waals surface area contributed by atoms with E-state index >= 15 is 0 Å². The van der Waals surface area contributed by atoms with Gasteiger partial charge in [-0.3, -0.25) is 4.79 Å². The fraction of sp³-hybridized carbons (Fsp3) is 0.529. The van der Waals surface area contributed by atoms with Crippen LogP contribution in [-0.4, -0.2) is 50.4 Å². The molecule has 1 saturated heterocycles. The number of aromatic nitrogens is 4. The van der Waals surface area contributed by atoms with Crippen LogP contribution in [0.1, 0.15) is 36.8 Å². The molecule has 0 atom stereocenters. The van der Waals surface area contributed by atoms with E-state index in [1.54, 1.807) is 18.2 Å². The number of H-pyrrole nitrogens is 1. The lowest BCUT2D eigenvalue weighted by molar-refractivity contribution is -0.141. The molecule has 10 heteroatoms. The van der Waals surface area contributed by atoms with Crippen molar-refractivity contribution in [3.63, 3.8) is 0 Å². The predicted molar refractivity (Wildman–Crippen MR) is 89.8 cm³/mol. The van der Waals surface area contributed by atoms with Gasteiger partial charge in [-0.2, -0.15) is 13.2 Å². The van der Waals surface area contributed by atoms with Crippen LogP contribution in [-0.2, 0) is 22.9 Å². The quantitative estimate of drug-likeness (QED) is 0.820. The van der Waals surface area contributed by atoms with E-state index in [0.29, 0.717) is 32.5 Å². The Morgan fingerprint density at radius 2 is 1.96 bits per heavy atom. The molecule has 0 radical (unpaired) electrons. The van der Waals surface area contributed by atoms with Gasteiger partial charge in [-0.05, 0) is 18.9 Å². The third-order valence-electron chi connectivity index (χ3n) is 5.45. The molecule has 2 aliphatic heterocycles. The minimum absolute atomic E-state index is 0.0209. The lowest BCUT2D eigenvalue weighted by Crippen LogP contribution is -2.58. The molecule has 0 saturated carbocycles. The summed E-state index contributed by atoms with van der Waals surface area (Å²) in [5.41, 5.74) is 0.410. The summed E-state index contributed by atoms with van der Waals surface area (Å²) in [5.74, 6) is 0.0412. The summed E-state index contributed by atoms with van der Waals surface area (Å²) in [4.78, 5) is 31.1.